The maximum Gasteiger partial charge on any atom is 0.182 e. The van der Waals surface area contributed by atoms with Gasteiger partial charge >= 0.3 is 0 Å². The van der Waals surface area contributed by atoms with Gasteiger partial charge in [0.2, 0.25) is 0 Å². The first-order valence-electron chi connectivity index (χ1n) is 5.57. The van der Waals surface area contributed by atoms with Crippen molar-refractivity contribution in [3.05, 3.63) is 45.7 Å². The van der Waals surface area contributed by atoms with Crippen LogP contribution < -0.4 is 0 Å². The maximum atomic E-state index is 13.1. The molecule has 1 heterocycles. The number of aromatic nitrogens is 2. The molecule has 0 bridgehead atoms. The fourth-order valence-electron chi connectivity index (χ4n) is 1.82. The molecule has 2 aromatic rings. The molecule has 1 aromatic heterocycles. The molecular formula is C13H14ClFN2S. The minimum atomic E-state index is -0.358. The van der Waals surface area contributed by atoms with Gasteiger partial charge in [0.25, 0.3) is 0 Å². The van der Waals surface area contributed by atoms with Crippen molar-refractivity contribution in [2.45, 2.75) is 26.2 Å². The van der Waals surface area contributed by atoms with Crippen molar-refractivity contribution in [2.75, 3.05) is 0 Å². The zero-order valence-corrected chi connectivity index (χ0v) is 12.0. The minimum Gasteiger partial charge on any atom is -0.337 e. The summed E-state index contributed by atoms with van der Waals surface area (Å²) in [5, 5.41) is 0.344. The van der Waals surface area contributed by atoms with Crippen LogP contribution in [0.2, 0.25) is 5.02 Å². The second-order valence-electron chi connectivity index (χ2n) is 5.16. The number of nitrogens with zero attached hydrogens (tertiary/aromatic N) is 1. The van der Waals surface area contributed by atoms with E-state index in [9.17, 15) is 4.39 Å². The van der Waals surface area contributed by atoms with E-state index in [1.54, 1.807) is 6.07 Å². The first-order chi connectivity index (χ1) is 8.30. The van der Waals surface area contributed by atoms with Gasteiger partial charge in [-0.3, -0.25) is 4.57 Å². The van der Waals surface area contributed by atoms with E-state index in [2.05, 4.69) is 25.8 Å². The number of hydrogen-bond donors (Lipinski definition) is 1. The highest BCUT2D eigenvalue weighted by Crippen LogP contribution is 2.29. The van der Waals surface area contributed by atoms with E-state index in [4.69, 9.17) is 23.8 Å². The standard InChI is InChI=1S/C13H14ClFN2S/c1-13(2,3)11-7-16-12(18)17(11)10-5-4-8(15)6-9(10)14/h4-7H,1-3H3,(H,16,18). The zero-order valence-electron chi connectivity index (χ0n) is 10.4. The molecule has 0 aliphatic heterocycles. The average Bonchev–Trinajstić information content (AvgIpc) is 2.60. The van der Waals surface area contributed by atoms with Gasteiger partial charge in [-0.25, -0.2) is 4.39 Å². The topological polar surface area (TPSA) is 20.7 Å². The molecule has 0 radical (unpaired) electrons. The van der Waals surface area contributed by atoms with Crippen LogP contribution in [0.5, 0.6) is 0 Å². The summed E-state index contributed by atoms with van der Waals surface area (Å²) in [4.78, 5) is 3.01. The Morgan fingerprint density at radius 3 is 2.56 bits per heavy atom. The van der Waals surface area contributed by atoms with Gasteiger partial charge in [-0.1, -0.05) is 32.4 Å². The average molecular weight is 285 g/mol. The summed E-state index contributed by atoms with van der Waals surface area (Å²) in [6.45, 7) is 6.25. The highest BCUT2D eigenvalue weighted by Gasteiger charge is 2.21. The second-order valence-corrected chi connectivity index (χ2v) is 5.95. The number of aromatic amines is 1. The lowest BCUT2D eigenvalue weighted by atomic mass is 9.92. The van der Waals surface area contributed by atoms with Gasteiger partial charge in [0.05, 0.1) is 10.7 Å². The van der Waals surface area contributed by atoms with Crippen LogP contribution in [0, 0.1) is 10.6 Å². The van der Waals surface area contributed by atoms with Gasteiger partial charge < -0.3 is 4.98 Å². The van der Waals surface area contributed by atoms with Crippen molar-refractivity contribution in [1.29, 1.82) is 0 Å². The Labute approximate surface area is 115 Å². The van der Waals surface area contributed by atoms with Crippen LogP contribution in [0.25, 0.3) is 5.69 Å². The van der Waals surface area contributed by atoms with Crippen molar-refractivity contribution in [2.24, 2.45) is 0 Å². The summed E-state index contributed by atoms with van der Waals surface area (Å²) in [6, 6.07) is 4.30. The van der Waals surface area contributed by atoms with Crippen LogP contribution >= 0.6 is 23.8 Å². The van der Waals surface area contributed by atoms with E-state index in [0.29, 0.717) is 15.5 Å². The molecule has 0 saturated heterocycles. The van der Waals surface area contributed by atoms with Crippen LogP contribution in [-0.2, 0) is 5.41 Å². The lowest BCUT2D eigenvalue weighted by Gasteiger charge is -2.21. The molecule has 96 valence electrons. The molecule has 0 spiro atoms. The number of hydrogen-bond acceptors (Lipinski definition) is 1. The molecule has 0 atom stereocenters. The van der Waals surface area contributed by atoms with Gasteiger partial charge in [0, 0.05) is 17.3 Å². The van der Waals surface area contributed by atoms with Gasteiger partial charge in [0.15, 0.2) is 4.77 Å². The smallest absolute Gasteiger partial charge is 0.182 e. The number of rotatable bonds is 1. The van der Waals surface area contributed by atoms with E-state index in [-0.39, 0.29) is 11.2 Å². The lowest BCUT2D eigenvalue weighted by Crippen LogP contribution is -2.17. The van der Waals surface area contributed by atoms with Gasteiger partial charge in [-0.15, -0.1) is 0 Å². The molecule has 2 rings (SSSR count). The third-order valence-electron chi connectivity index (χ3n) is 2.70. The van der Waals surface area contributed by atoms with Crippen molar-refractivity contribution in [3.8, 4) is 5.69 Å². The Balaban J connectivity index is 2.71. The first-order valence-corrected chi connectivity index (χ1v) is 6.35. The van der Waals surface area contributed by atoms with Gasteiger partial charge in [-0.2, -0.15) is 0 Å². The molecule has 18 heavy (non-hydrogen) atoms. The third-order valence-corrected chi connectivity index (χ3v) is 3.30. The van der Waals surface area contributed by atoms with Crippen molar-refractivity contribution in [3.63, 3.8) is 0 Å². The van der Waals surface area contributed by atoms with E-state index in [1.165, 1.54) is 12.1 Å². The Kier molecular flexibility index (Phi) is 3.34. The normalized spacial score (nSPS) is 11.8. The van der Waals surface area contributed by atoms with Crippen LogP contribution in [-0.4, -0.2) is 9.55 Å². The maximum absolute atomic E-state index is 13.1. The summed E-state index contributed by atoms with van der Waals surface area (Å²) < 4.78 is 15.5. The summed E-state index contributed by atoms with van der Waals surface area (Å²) in [6.07, 6.45) is 1.86. The number of halogens is 2. The molecule has 1 aromatic carbocycles. The van der Waals surface area contributed by atoms with Crippen LogP contribution in [0.4, 0.5) is 4.39 Å². The Morgan fingerprint density at radius 1 is 1.33 bits per heavy atom. The van der Waals surface area contributed by atoms with Crippen LogP contribution in [0.1, 0.15) is 26.5 Å². The molecule has 2 nitrogen and oxygen atoms in total. The number of benzene rings is 1. The van der Waals surface area contributed by atoms with E-state index >= 15 is 0 Å². The van der Waals surface area contributed by atoms with Crippen LogP contribution in [0.15, 0.2) is 24.4 Å². The number of imidazole rings is 1. The Hall–Kier alpha value is -1.13. The van der Waals surface area contributed by atoms with Crippen LogP contribution in [0.3, 0.4) is 0 Å². The third kappa shape index (κ3) is 2.35. The molecule has 0 saturated carbocycles. The van der Waals surface area contributed by atoms with E-state index in [0.717, 1.165) is 5.69 Å². The fraction of sp³-hybridized carbons (Fsp3) is 0.308. The SMILES string of the molecule is CC(C)(C)c1c[nH]c(=S)n1-c1ccc(F)cc1Cl. The molecule has 0 unspecified atom stereocenters. The molecule has 0 aliphatic rings. The predicted octanol–water partition coefficient (Wildman–Crippen LogP) is 4.62. The molecule has 0 fully saturated rings. The van der Waals surface area contributed by atoms with E-state index < -0.39 is 0 Å². The summed E-state index contributed by atoms with van der Waals surface area (Å²) >= 11 is 11.4. The molecular weight excluding hydrogens is 271 g/mol. The lowest BCUT2D eigenvalue weighted by molar-refractivity contribution is 0.555. The predicted molar refractivity (Wildman–Crippen MR) is 74.6 cm³/mol. The summed E-state index contributed by atoms with van der Waals surface area (Å²) in [5.41, 5.74) is 1.60. The summed E-state index contributed by atoms with van der Waals surface area (Å²) in [7, 11) is 0. The zero-order chi connectivity index (χ0) is 13.5. The van der Waals surface area contributed by atoms with Crippen molar-refractivity contribution < 1.29 is 4.39 Å². The van der Waals surface area contributed by atoms with Gasteiger partial charge in [-0.05, 0) is 30.4 Å². The van der Waals surface area contributed by atoms with Crippen molar-refractivity contribution >= 4 is 23.8 Å². The number of H-pyrrole nitrogens is 1. The summed E-state index contributed by atoms with van der Waals surface area (Å²) in [5.74, 6) is -0.358. The largest absolute Gasteiger partial charge is 0.337 e. The minimum absolute atomic E-state index is 0.0920. The highest BCUT2D eigenvalue weighted by molar-refractivity contribution is 7.71. The monoisotopic (exact) mass is 284 g/mol. The van der Waals surface area contributed by atoms with Crippen molar-refractivity contribution in [1.82, 2.24) is 9.55 Å². The molecule has 1 N–H and O–H groups in total. The molecule has 0 aliphatic carbocycles. The van der Waals surface area contributed by atoms with E-state index in [1.807, 2.05) is 10.8 Å². The first kappa shape index (κ1) is 13.3. The second kappa shape index (κ2) is 4.52. The fourth-order valence-corrected chi connectivity index (χ4v) is 2.33. The highest BCUT2D eigenvalue weighted by atomic mass is 35.5. The van der Waals surface area contributed by atoms with Gasteiger partial charge in [0.1, 0.15) is 5.82 Å². The number of nitrogens with one attached hydrogen (secondary N) is 1. The quantitative estimate of drug-likeness (QED) is 0.758. The Morgan fingerprint density at radius 2 is 2.00 bits per heavy atom. The molecule has 0 amide bonds. The molecule has 5 heteroatoms. The Bertz CT molecular complexity index is 637.